The monoisotopic (exact) mass is 257 g/mol. The van der Waals surface area contributed by atoms with Crippen LogP contribution in [0.5, 0.6) is 5.75 Å². The third kappa shape index (κ3) is 2.56. The second-order valence-corrected chi connectivity index (χ2v) is 4.00. The Bertz CT molecular complexity index is 634. The molecule has 0 spiro atoms. The van der Waals surface area contributed by atoms with Gasteiger partial charge in [-0.05, 0) is 23.8 Å². The molecule has 0 saturated carbocycles. The normalized spacial score (nSPS) is 11.7. The molecule has 0 radical (unpaired) electrons. The molecule has 96 valence electrons. The average molecular weight is 257 g/mol. The summed E-state index contributed by atoms with van der Waals surface area (Å²) in [5.41, 5.74) is 1.00. The number of rotatable bonds is 3. The summed E-state index contributed by atoms with van der Waals surface area (Å²) in [5, 5.41) is 19.0. The molecule has 0 aliphatic heterocycles. The van der Waals surface area contributed by atoms with Gasteiger partial charge in [-0.2, -0.15) is 5.26 Å². The number of nitrogens with zero attached hydrogens (tertiary/aromatic N) is 1. The minimum Gasteiger partial charge on any atom is -0.494 e. The number of methoxy groups -OCH3 is 1. The Labute approximate surface area is 110 Å². The van der Waals surface area contributed by atoms with E-state index in [2.05, 4.69) is 0 Å². The summed E-state index contributed by atoms with van der Waals surface area (Å²) in [6.07, 6.45) is -1.14. The van der Waals surface area contributed by atoms with Crippen LogP contribution in [0.3, 0.4) is 0 Å². The fraction of sp³-hybridized carbons (Fsp3) is 0.133. The van der Waals surface area contributed by atoms with Crippen LogP contribution < -0.4 is 4.74 Å². The van der Waals surface area contributed by atoms with E-state index >= 15 is 0 Å². The summed E-state index contributed by atoms with van der Waals surface area (Å²) >= 11 is 0. The van der Waals surface area contributed by atoms with E-state index in [1.807, 2.05) is 6.07 Å². The van der Waals surface area contributed by atoms with Crippen LogP contribution in [0.15, 0.2) is 42.5 Å². The van der Waals surface area contributed by atoms with Gasteiger partial charge in [-0.25, -0.2) is 4.39 Å². The molecular formula is C15H12FNO2. The lowest BCUT2D eigenvalue weighted by atomic mass is 9.99. The summed E-state index contributed by atoms with van der Waals surface area (Å²) in [4.78, 5) is 0. The lowest BCUT2D eigenvalue weighted by Crippen LogP contribution is -2.04. The Morgan fingerprint density at radius 1 is 1.26 bits per heavy atom. The van der Waals surface area contributed by atoms with Gasteiger partial charge in [-0.3, -0.25) is 0 Å². The van der Waals surface area contributed by atoms with Gasteiger partial charge < -0.3 is 9.84 Å². The highest BCUT2D eigenvalue weighted by atomic mass is 19.1. The zero-order valence-electron chi connectivity index (χ0n) is 10.3. The number of aliphatic hydroxyl groups is 1. The Kier molecular flexibility index (Phi) is 3.79. The van der Waals surface area contributed by atoms with E-state index in [1.54, 1.807) is 24.3 Å². The first-order chi connectivity index (χ1) is 9.17. The van der Waals surface area contributed by atoms with Crippen LogP contribution in [0, 0.1) is 17.1 Å². The molecule has 0 bridgehead atoms. The van der Waals surface area contributed by atoms with Crippen molar-refractivity contribution in [1.82, 2.24) is 0 Å². The smallest absolute Gasteiger partial charge is 0.171 e. The van der Waals surface area contributed by atoms with Crippen molar-refractivity contribution in [3.63, 3.8) is 0 Å². The van der Waals surface area contributed by atoms with Gasteiger partial charge in [0.25, 0.3) is 0 Å². The molecule has 0 aromatic heterocycles. The molecule has 0 amide bonds. The number of hydrogen-bond acceptors (Lipinski definition) is 3. The molecule has 1 N–H and O–H groups in total. The molecule has 0 heterocycles. The number of hydrogen-bond donors (Lipinski definition) is 1. The summed E-state index contributed by atoms with van der Waals surface area (Å²) in [7, 11) is 1.37. The van der Waals surface area contributed by atoms with Crippen LogP contribution in [0.2, 0.25) is 0 Å². The largest absolute Gasteiger partial charge is 0.494 e. The van der Waals surface area contributed by atoms with Gasteiger partial charge in [-0.1, -0.05) is 24.3 Å². The fourth-order valence-electron chi connectivity index (χ4n) is 1.85. The zero-order chi connectivity index (χ0) is 13.8. The molecule has 19 heavy (non-hydrogen) atoms. The topological polar surface area (TPSA) is 53.2 Å². The Morgan fingerprint density at radius 2 is 2.00 bits per heavy atom. The van der Waals surface area contributed by atoms with Crippen molar-refractivity contribution < 1.29 is 14.2 Å². The summed E-state index contributed by atoms with van der Waals surface area (Å²) < 4.78 is 18.9. The third-order valence-corrected chi connectivity index (χ3v) is 2.84. The maximum Gasteiger partial charge on any atom is 0.171 e. The van der Waals surface area contributed by atoms with E-state index in [4.69, 9.17) is 10.00 Å². The van der Waals surface area contributed by atoms with Crippen LogP contribution >= 0.6 is 0 Å². The first kappa shape index (κ1) is 13.1. The first-order valence-electron chi connectivity index (χ1n) is 5.68. The molecule has 2 rings (SSSR count). The summed E-state index contributed by atoms with van der Waals surface area (Å²) in [6, 6.07) is 13.0. The molecular weight excluding hydrogens is 245 g/mol. The molecule has 2 aromatic rings. The molecule has 3 nitrogen and oxygen atoms in total. The highest BCUT2D eigenvalue weighted by molar-refractivity contribution is 5.40. The second-order valence-electron chi connectivity index (χ2n) is 4.00. The quantitative estimate of drug-likeness (QED) is 0.919. The molecule has 1 atom stereocenters. The molecule has 1 unspecified atom stereocenters. The van der Waals surface area contributed by atoms with Crippen molar-refractivity contribution in [2.45, 2.75) is 6.10 Å². The number of ether oxygens (including phenoxy) is 1. The van der Waals surface area contributed by atoms with Crippen molar-refractivity contribution in [3.05, 3.63) is 65.0 Å². The van der Waals surface area contributed by atoms with Crippen LogP contribution in [0.4, 0.5) is 4.39 Å². The number of benzene rings is 2. The highest BCUT2D eigenvalue weighted by Gasteiger charge is 2.18. The first-order valence-corrected chi connectivity index (χ1v) is 5.68. The van der Waals surface area contributed by atoms with Crippen molar-refractivity contribution in [2.24, 2.45) is 0 Å². The molecule has 4 heteroatoms. The molecule has 2 aromatic carbocycles. The molecule has 0 fully saturated rings. The number of nitriles is 1. The van der Waals surface area contributed by atoms with Crippen LogP contribution in [0.1, 0.15) is 22.8 Å². The SMILES string of the molecule is COc1cccc(C(O)c2cccc(C#N)c2)c1F. The van der Waals surface area contributed by atoms with Crippen molar-refractivity contribution in [3.8, 4) is 11.8 Å². The molecule has 0 saturated heterocycles. The molecule has 0 aliphatic carbocycles. The summed E-state index contributed by atoms with van der Waals surface area (Å²) in [6.45, 7) is 0. The standard InChI is InChI=1S/C15H12FNO2/c1-19-13-7-3-6-12(14(13)16)15(18)11-5-2-4-10(8-11)9-17/h2-8,15,18H,1H3. The van der Waals surface area contributed by atoms with Gasteiger partial charge in [0.15, 0.2) is 11.6 Å². The van der Waals surface area contributed by atoms with E-state index < -0.39 is 11.9 Å². The predicted molar refractivity (Wildman–Crippen MR) is 68.2 cm³/mol. The Balaban J connectivity index is 2.44. The average Bonchev–Trinajstić information content (AvgIpc) is 2.47. The van der Waals surface area contributed by atoms with E-state index in [-0.39, 0.29) is 11.3 Å². The number of aliphatic hydroxyl groups excluding tert-OH is 1. The van der Waals surface area contributed by atoms with Gasteiger partial charge in [-0.15, -0.1) is 0 Å². The number of halogens is 1. The van der Waals surface area contributed by atoms with E-state index in [0.717, 1.165) is 0 Å². The van der Waals surface area contributed by atoms with E-state index in [1.165, 1.54) is 25.3 Å². The van der Waals surface area contributed by atoms with Gasteiger partial charge >= 0.3 is 0 Å². The van der Waals surface area contributed by atoms with Crippen molar-refractivity contribution in [2.75, 3.05) is 7.11 Å². The lowest BCUT2D eigenvalue weighted by molar-refractivity contribution is 0.213. The van der Waals surface area contributed by atoms with Crippen LogP contribution in [-0.2, 0) is 0 Å². The fourth-order valence-corrected chi connectivity index (χ4v) is 1.85. The van der Waals surface area contributed by atoms with Gasteiger partial charge in [0.1, 0.15) is 6.10 Å². The van der Waals surface area contributed by atoms with Crippen molar-refractivity contribution in [1.29, 1.82) is 5.26 Å². The van der Waals surface area contributed by atoms with Gasteiger partial charge in [0, 0.05) is 5.56 Å². The summed E-state index contributed by atoms with van der Waals surface area (Å²) in [5.74, 6) is -0.521. The van der Waals surface area contributed by atoms with Gasteiger partial charge in [0.2, 0.25) is 0 Å². The second kappa shape index (κ2) is 5.51. The van der Waals surface area contributed by atoms with E-state index in [9.17, 15) is 9.50 Å². The third-order valence-electron chi connectivity index (χ3n) is 2.84. The predicted octanol–water partition coefficient (Wildman–Crippen LogP) is 2.79. The lowest BCUT2D eigenvalue weighted by Gasteiger charge is -2.14. The van der Waals surface area contributed by atoms with E-state index in [0.29, 0.717) is 11.1 Å². The Morgan fingerprint density at radius 3 is 2.68 bits per heavy atom. The highest BCUT2D eigenvalue weighted by Crippen LogP contribution is 2.29. The maximum atomic E-state index is 14.0. The molecule has 0 aliphatic rings. The maximum absolute atomic E-state index is 14.0. The van der Waals surface area contributed by atoms with Crippen LogP contribution in [-0.4, -0.2) is 12.2 Å². The minimum absolute atomic E-state index is 0.0768. The Hall–Kier alpha value is -2.38. The zero-order valence-corrected chi connectivity index (χ0v) is 10.3. The minimum atomic E-state index is -1.14. The van der Waals surface area contributed by atoms with Crippen LogP contribution in [0.25, 0.3) is 0 Å². The van der Waals surface area contributed by atoms with Gasteiger partial charge in [0.05, 0.1) is 18.7 Å². The van der Waals surface area contributed by atoms with Crippen molar-refractivity contribution >= 4 is 0 Å².